The Kier molecular flexibility index (Phi) is 10.9. The lowest BCUT2D eigenvalue weighted by Crippen LogP contribution is -2.07. The van der Waals surface area contributed by atoms with Gasteiger partial charge in [-0.2, -0.15) is 23.7 Å². The van der Waals surface area contributed by atoms with Gasteiger partial charge in [0.25, 0.3) is 0 Å². The molecule has 12 aromatic rings. The number of alkyl halides is 3. The molecule has 0 atom stereocenters. The second kappa shape index (κ2) is 17.7. The molecule has 2 aromatic heterocycles. The first kappa shape index (κ1) is 45.7. The van der Waals surface area contributed by atoms with Gasteiger partial charge in [-0.25, -0.2) is 0 Å². The number of hydrogen-bond acceptors (Lipinski definition) is 2. The van der Waals surface area contributed by atoms with Crippen LogP contribution in [0.3, 0.4) is 0 Å². The summed E-state index contributed by atoms with van der Waals surface area (Å²) in [5.74, 6) is 0. The van der Waals surface area contributed by atoms with Crippen LogP contribution in [0, 0.1) is 50.4 Å². The van der Waals surface area contributed by atoms with Crippen LogP contribution in [0.2, 0.25) is 0 Å². The molecule has 0 aliphatic heterocycles. The number of rotatable bonds is 7. The van der Waals surface area contributed by atoms with Crippen LogP contribution < -0.4 is 0 Å². The van der Waals surface area contributed by atoms with Crippen molar-refractivity contribution < 1.29 is 13.2 Å². The predicted molar refractivity (Wildman–Crippen MR) is 296 cm³/mol. The second-order valence-corrected chi connectivity index (χ2v) is 19.5. The number of aryl methyl sites for hydroxylation is 4. The van der Waals surface area contributed by atoms with Crippen molar-refractivity contribution in [2.24, 2.45) is 0 Å². The second-order valence-electron chi connectivity index (χ2n) is 19.5. The van der Waals surface area contributed by atoms with E-state index in [-0.39, 0.29) is 11.1 Å². The molecular formula is C67H45F3N4. The topological polar surface area (TPSA) is 57.4 Å². The molecule has 0 amide bonds. The maximum atomic E-state index is 15.1. The number of hydrogen-bond donors (Lipinski definition) is 0. The molecule has 0 aliphatic carbocycles. The van der Waals surface area contributed by atoms with E-state index in [1.807, 2.05) is 42.5 Å². The highest BCUT2D eigenvalue weighted by Gasteiger charge is 2.32. The lowest BCUT2D eigenvalue weighted by atomic mass is 9.95. The molecule has 7 heteroatoms. The zero-order chi connectivity index (χ0) is 51.0. The third-order valence-electron chi connectivity index (χ3n) is 14.4. The van der Waals surface area contributed by atoms with Crippen LogP contribution >= 0.6 is 0 Å². The van der Waals surface area contributed by atoms with Crippen molar-refractivity contribution in [3.05, 3.63) is 239 Å². The van der Waals surface area contributed by atoms with E-state index < -0.39 is 11.7 Å². The van der Waals surface area contributed by atoms with Gasteiger partial charge in [-0.3, -0.25) is 0 Å². The van der Waals surface area contributed by atoms with Gasteiger partial charge in [0, 0.05) is 27.1 Å². The molecule has 12 rings (SSSR count). The van der Waals surface area contributed by atoms with Crippen molar-refractivity contribution in [1.82, 2.24) is 9.13 Å². The third kappa shape index (κ3) is 7.96. The Bertz CT molecular complexity index is 4180. The van der Waals surface area contributed by atoms with Crippen molar-refractivity contribution in [3.63, 3.8) is 0 Å². The SMILES string of the molecule is Cc1cccc(-c2ccc3c4ccc(-c5cccc(C)c5)cc4n(-c4cc(-c5cc(C#N)cc(C(F)(F)F)c5)c(-n5c6cc(-c7cccc(C)c7)ccc6c6ccc(-c7cccc(C)c7)cc65)cc4C#N)c3c2)c1. The summed E-state index contributed by atoms with van der Waals surface area (Å²) in [6.07, 6.45) is -4.76. The molecule has 0 unspecified atom stereocenters. The molecule has 0 saturated heterocycles. The normalized spacial score (nSPS) is 11.7. The number of halogens is 3. The average Bonchev–Trinajstić information content (AvgIpc) is 3.91. The van der Waals surface area contributed by atoms with E-state index in [1.54, 1.807) is 0 Å². The Balaban J connectivity index is 1.23. The first-order valence-electron chi connectivity index (χ1n) is 24.5. The smallest absolute Gasteiger partial charge is 0.309 e. The van der Waals surface area contributed by atoms with E-state index in [2.05, 4.69) is 188 Å². The number of nitrogens with zero attached hydrogens (tertiary/aromatic N) is 4. The minimum absolute atomic E-state index is 0.139. The molecule has 0 fully saturated rings. The van der Waals surface area contributed by atoms with E-state index >= 15 is 13.2 Å². The molecule has 0 aliphatic rings. The quantitative estimate of drug-likeness (QED) is 0.160. The van der Waals surface area contributed by atoms with Gasteiger partial charge in [-0.05, 0) is 132 Å². The van der Waals surface area contributed by atoms with Crippen molar-refractivity contribution in [2.45, 2.75) is 33.9 Å². The fourth-order valence-electron chi connectivity index (χ4n) is 10.9. The van der Waals surface area contributed by atoms with Gasteiger partial charge in [-0.1, -0.05) is 168 Å². The summed E-state index contributed by atoms with van der Waals surface area (Å²) in [5, 5.41) is 25.7. The molecule has 0 spiro atoms. The van der Waals surface area contributed by atoms with Crippen LogP contribution in [-0.4, -0.2) is 9.13 Å². The highest BCUT2D eigenvalue weighted by atomic mass is 19.4. The van der Waals surface area contributed by atoms with Gasteiger partial charge in [0.15, 0.2) is 0 Å². The van der Waals surface area contributed by atoms with Crippen LogP contribution in [0.4, 0.5) is 13.2 Å². The highest BCUT2D eigenvalue weighted by molar-refractivity contribution is 6.13. The molecular weight excluding hydrogens is 918 g/mol. The molecule has 74 heavy (non-hydrogen) atoms. The molecule has 4 nitrogen and oxygen atoms in total. The summed E-state index contributed by atoms with van der Waals surface area (Å²) in [6, 6.07) is 70.3. The minimum Gasteiger partial charge on any atom is -0.309 e. The third-order valence-corrected chi connectivity index (χ3v) is 14.4. The largest absolute Gasteiger partial charge is 0.416 e. The summed E-state index contributed by atoms with van der Waals surface area (Å²) in [7, 11) is 0. The maximum Gasteiger partial charge on any atom is 0.416 e. The fraction of sp³-hybridized carbons (Fsp3) is 0.0746. The summed E-state index contributed by atoms with van der Waals surface area (Å²) in [4.78, 5) is 0. The van der Waals surface area contributed by atoms with Gasteiger partial charge >= 0.3 is 6.18 Å². The van der Waals surface area contributed by atoms with Gasteiger partial charge in [-0.15, -0.1) is 0 Å². The zero-order valence-electron chi connectivity index (χ0n) is 41.0. The molecule has 354 valence electrons. The Morgan fingerprint density at radius 2 is 0.716 bits per heavy atom. The van der Waals surface area contributed by atoms with Gasteiger partial charge < -0.3 is 9.13 Å². The Morgan fingerprint density at radius 1 is 0.351 bits per heavy atom. The summed E-state index contributed by atoms with van der Waals surface area (Å²) < 4.78 is 49.4. The van der Waals surface area contributed by atoms with Crippen LogP contribution in [0.1, 0.15) is 38.9 Å². The Hall–Kier alpha value is -9.43. The van der Waals surface area contributed by atoms with E-state index in [4.69, 9.17) is 0 Å². The minimum atomic E-state index is -4.76. The monoisotopic (exact) mass is 962 g/mol. The lowest BCUT2D eigenvalue weighted by molar-refractivity contribution is -0.137. The Labute approximate surface area is 426 Å². The fourth-order valence-corrected chi connectivity index (χ4v) is 10.9. The predicted octanol–water partition coefficient (Wildman–Crippen LogP) is 18.2. The number of nitriles is 2. The molecule has 0 N–H and O–H groups in total. The van der Waals surface area contributed by atoms with Crippen molar-refractivity contribution >= 4 is 43.6 Å². The van der Waals surface area contributed by atoms with E-state index in [0.717, 1.165) is 123 Å². The molecule has 2 heterocycles. The molecule has 10 aromatic carbocycles. The number of benzene rings is 10. The first-order chi connectivity index (χ1) is 35.8. The molecule has 0 saturated carbocycles. The summed E-state index contributed by atoms with van der Waals surface area (Å²) >= 11 is 0. The number of aromatic nitrogens is 2. The Morgan fingerprint density at radius 3 is 1.05 bits per heavy atom. The standard InChI is InChI=1S/C67H45F3N4/c1-40-9-5-13-45(25-40)49-17-21-56-57-22-18-50(46-14-6-10-41(2)26-46)33-63(57)73(62(56)32-49)61-37-60(53-29-44(38-71)30-55(31-53)67(68,69)70)66(36-54(61)39-72)74-64-34-51(47-15-7-11-42(3)27-47)19-23-58(64)59-24-20-52(35-65(59)74)48-16-8-12-43(4)28-48/h5-37H,1-4H3. The summed E-state index contributed by atoms with van der Waals surface area (Å²) in [5.41, 5.74) is 16.3. The average molecular weight is 963 g/mol. The van der Waals surface area contributed by atoms with Gasteiger partial charge in [0.1, 0.15) is 6.07 Å². The van der Waals surface area contributed by atoms with E-state index in [0.29, 0.717) is 22.5 Å². The van der Waals surface area contributed by atoms with Crippen LogP contribution in [0.5, 0.6) is 0 Å². The number of fused-ring (bicyclic) bond motifs is 6. The van der Waals surface area contributed by atoms with Gasteiger partial charge in [0.05, 0.1) is 56.2 Å². The highest BCUT2D eigenvalue weighted by Crippen LogP contribution is 2.45. The van der Waals surface area contributed by atoms with Crippen molar-refractivity contribution in [2.75, 3.05) is 0 Å². The maximum absolute atomic E-state index is 15.1. The van der Waals surface area contributed by atoms with Crippen LogP contribution in [-0.2, 0) is 6.18 Å². The van der Waals surface area contributed by atoms with E-state index in [1.165, 1.54) is 6.07 Å². The first-order valence-corrected chi connectivity index (χ1v) is 24.5. The van der Waals surface area contributed by atoms with Crippen LogP contribution in [0.25, 0.3) is 111 Å². The molecule has 0 bridgehead atoms. The molecule has 0 radical (unpaired) electrons. The zero-order valence-corrected chi connectivity index (χ0v) is 41.0. The van der Waals surface area contributed by atoms with Gasteiger partial charge in [0.2, 0.25) is 0 Å². The summed E-state index contributed by atoms with van der Waals surface area (Å²) in [6.45, 7) is 8.22. The van der Waals surface area contributed by atoms with E-state index in [9.17, 15) is 10.5 Å². The lowest BCUT2D eigenvalue weighted by Gasteiger charge is -2.20. The van der Waals surface area contributed by atoms with Crippen LogP contribution in [0.15, 0.2) is 200 Å². The van der Waals surface area contributed by atoms with Crippen molar-refractivity contribution in [1.29, 1.82) is 10.5 Å². The van der Waals surface area contributed by atoms with Crippen molar-refractivity contribution in [3.8, 4) is 79.1 Å².